The van der Waals surface area contributed by atoms with Gasteiger partial charge in [-0.15, -0.1) is 11.3 Å². The molecule has 0 saturated heterocycles. The molecule has 2 unspecified atom stereocenters. The van der Waals surface area contributed by atoms with Crippen molar-refractivity contribution in [3.63, 3.8) is 0 Å². The van der Waals surface area contributed by atoms with Gasteiger partial charge in [0.05, 0.1) is 16.8 Å². The third-order valence-electron chi connectivity index (χ3n) is 5.74. The normalized spacial score (nSPS) is 25.8. The predicted molar refractivity (Wildman–Crippen MR) is 98.0 cm³/mol. The van der Waals surface area contributed by atoms with Crippen LogP contribution in [0.15, 0.2) is 11.5 Å². The maximum absolute atomic E-state index is 12.6. The molecule has 0 N–H and O–H groups in total. The average Bonchev–Trinajstić information content (AvgIpc) is 3.01. The van der Waals surface area contributed by atoms with Gasteiger partial charge in [0.2, 0.25) is 5.91 Å². The van der Waals surface area contributed by atoms with E-state index in [4.69, 9.17) is 4.74 Å². The highest BCUT2D eigenvalue weighted by Crippen LogP contribution is 2.55. The fourth-order valence-electron chi connectivity index (χ4n) is 4.46. The van der Waals surface area contributed by atoms with Gasteiger partial charge >= 0.3 is 0 Å². The van der Waals surface area contributed by atoms with E-state index in [-0.39, 0.29) is 11.3 Å². The zero-order chi connectivity index (χ0) is 17.2. The van der Waals surface area contributed by atoms with Crippen molar-refractivity contribution in [2.45, 2.75) is 64.5 Å². The molecule has 1 aromatic rings. The van der Waals surface area contributed by atoms with Crippen molar-refractivity contribution in [1.82, 2.24) is 9.88 Å². The summed E-state index contributed by atoms with van der Waals surface area (Å²) in [5.74, 6) is 0.0746. The molecule has 4 nitrogen and oxygen atoms in total. The molecular weight excluding hydrogens is 320 g/mol. The summed E-state index contributed by atoms with van der Waals surface area (Å²) in [6, 6.07) is 0.309. The van der Waals surface area contributed by atoms with Gasteiger partial charge in [0, 0.05) is 36.6 Å². The van der Waals surface area contributed by atoms with Crippen LogP contribution >= 0.6 is 11.3 Å². The first-order valence-corrected chi connectivity index (χ1v) is 9.93. The second-order valence-electron chi connectivity index (χ2n) is 7.06. The van der Waals surface area contributed by atoms with E-state index in [1.807, 2.05) is 30.3 Å². The Labute approximate surface area is 148 Å². The van der Waals surface area contributed by atoms with Gasteiger partial charge in [0.1, 0.15) is 0 Å². The maximum Gasteiger partial charge on any atom is 0.246 e. The number of hydrogen-bond donors (Lipinski definition) is 0. The van der Waals surface area contributed by atoms with Crippen LogP contribution in [0.5, 0.6) is 0 Å². The maximum atomic E-state index is 12.6. The molecule has 2 aliphatic rings. The number of aromatic nitrogens is 1. The number of hydrogen-bond acceptors (Lipinski definition) is 4. The lowest BCUT2D eigenvalue weighted by molar-refractivity contribution is -0.182. The number of likely N-dealkylation sites (N-methyl/N-ethyl adjacent to an activating group) is 1. The molecular formula is C19H28N2O2S. The van der Waals surface area contributed by atoms with E-state index >= 15 is 0 Å². The Kier molecular flexibility index (Phi) is 5.40. The SMILES string of the molecule is CCOC1CC(N(C)C(=O)C=Cc2csc(C)n2)C12CCCCC2. The monoisotopic (exact) mass is 348 g/mol. The molecule has 132 valence electrons. The topological polar surface area (TPSA) is 42.4 Å². The van der Waals surface area contributed by atoms with Crippen molar-refractivity contribution < 1.29 is 9.53 Å². The van der Waals surface area contributed by atoms with Crippen LogP contribution in [0, 0.1) is 12.3 Å². The Hall–Kier alpha value is -1.20. The minimum absolute atomic E-state index is 0.0746. The molecule has 0 radical (unpaired) electrons. The first-order valence-electron chi connectivity index (χ1n) is 9.05. The molecule has 2 aliphatic carbocycles. The van der Waals surface area contributed by atoms with Gasteiger partial charge in [-0.25, -0.2) is 4.98 Å². The number of carbonyl (C=O) groups excluding carboxylic acids is 1. The van der Waals surface area contributed by atoms with Gasteiger partial charge in [-0.2, -0.15) is 0 Å². The first-order chi connectivity index (χ1) is 11.6. The van der Waals surface area contributed by atoms with Crippen LogP contribution in [0.2, 0.25) is 0 Å². The van der Waals surface area contributed by atoms with Gasteiger partial charge in [-0.3, -0.25) is 4.79 Å². The summed E-state index contributed by atoms with van der Waals surface area (Å²) >= 11 is 1.61. The summed E-state index contributed by atoms with van der Waals surface area (Å²) in [5.41, 5.74) is 1.05. The van der Waals surface area contributed by atoms with Crippen molar-refractivity contribution in [2.24, 2.45) is 5.41 Å². The first kappa shape index (κ1) is 17.6. The molecule has 2 fully saturated rings. The van der Waals surface area contributed by atoms with Crippen LogP contribution in [0.25, 0.3) is 6.08 Å². The van der Waals surface area contributed by atoms with Gasteiger partial charge in [-0.05, 0) is 39.2 Å². The smallest absolute Gasteiger partial charge is 0.246 e. The van der Waals surface area contributed by atoms with Gasteiger partial charge in [0.25, 0.3) is 0 Å². The van der Waals surface area contributed by atoms with Crippen molar-refractivity contribution in [2.75, 3.05) is 13.7 Å². The summed E-state index contributed by atoms with van der Waals surface area (Å²) in [6.07, 6.45) is 11.0. The summed E-state index contributed by atoms with van der Waals surface area (Å²) in [4.78, 5) is 18.9. The molecule has 2 atom stereocenters. The lowest BCUT2D eigenvalue weighted by Crippen LogP contribution is -2.65. The number of thiazole rings is 1. The second-order valence-corrected chi connectivity index (χ2v) is 8.13. The van der Waals surface area contributed by atoms with Crippen molar-refractivity contribution >= 4 is 23.3 Å². The van der Waals surface area contributed by atoms with E-state index in [9.17, 15) is 4.79 Å². The van der Waals surface area contributed by atoms with E-state index < -0.39 is 0 Å². The summed E-state index contributed by atoms with van der Waals surface area (Å²) in [6.45, 7) is 4.81. The number of rotatable bonds is 5. The van der Waals surface area contributed by atoms with Gasteiger partial charge < -0.3 is 9.64 Å². The lowest BCUT2D eigenvalue weighted by atomic mass is 9.54. The molecule has 24 heavy (non-hydrogen) atoms. The zero-order valence-electron chi connectivity index (χ0n) is 15.0. The molecule has 5 heteroatoms. The number of aryl methyl sites for hydroxylation is 1. The van der Waals surface area contributed by atoms with Crippen LogP contribution < -0.4 is 0 Å². The van der Waals surface area contributed by atoms with Crippen LogP contribution in [0.4, 0.5) is 0 Å². The average molecular weight is 349 g/mol. The Morgan fingerprint density at radius 2 is 2.21 bits per heavy atom. The standard InChI is InChI=1S/C19H28N2O2S/c1-4-23-17-12-16(19(17)10-6-5-7-11-19)21(3)18(22)9-8-15-13-24-14(2)20-15/h8-9,13,16-17H,4-7,10-12H2,1-3H3. The molecule has 3 rings (SSSR count). The van der Waals surface area contributed by atoms with Gasteiger partial charge in [0.15, 0.2) is 0 Å². The van der Waals surface area contributed by atoms with E-state index in [0.717, 1.165) is 23.7 Å². The molecule has 1 spiro atoms. The summed E-state index contributed by atoms with van der Waals surface area (Å²) < 4.78 is 6.00. The second kappa shape index (κ2) is 7.36. The molecule has 0 bridgehead atoms. The summed E-state index contributed by atoms with van der Waals surface area (Å²) in [5, 5.41) is 3.01. The third kappa shape index (κ3) is 3.29. The number of ether oxygens (including phenoxy) is 1. The number of amides is 1. The highest BCUT2D eigenvalue weighted by atomic mass is 32.1. The Morgan fingerprint density at radius 3 is 2.83 bits per heavy atom. The minimum atomic E-state index is 0.0746. The van der Waals surface area contributed by atoms with E-state index in [0.29, 0.717) is 12.1 Å². The van der Waals surface area contributed by atoms with Crippen LogP contribution in [-0.4, -0.2) is 41.6 Å². The highest BCUT2D eigenvalue weighted by Gasteiger charge is 2.57. The Bertz CT molecular complexity index is 604. The molecule has 2 saturated carbocycles. The van der Waals surface area contributed by atoms with Crippen LogP contribution in [-0.2, 0) is 9.53 Å². The largest absolute Gasteiger partial charge is 0.378 e. The zero-order valence-corrected chi connectivity index (χ0v) is 15.8. The fraction of sp³-hybridized carbons (Fsp3) is 0.684. The van der Waals surface area contributed by atoms with Crippen molar-refractivity contribution in [1.29, 1.82) is 0 Å². The predicted octanol–water partition coefficient (Wildman–Crippen LogP) is 4.05. The number of nitrogens with zero attached hydrogens (tertiary/aromatic N) is 2. The molecule has 1 amide bonds. The fourth-order valence-corrected chi connectivity index (χ4v) is 5.04. The Morgan fingerprint density at radius 1 is 1.46 bits per heavy atom. The molecule has 0 aromatic carbocycles. The molecule has 1 aromatic heterocycles. The third-order valence-corrected chi connectivity index (χ3v) is 6.53. The number of carbonyl (C=O) groups is 1. The lowest BCUT2D eigenvalue weighted by Gasteiger charge is -2.60. The van der Waals surface area contributed by atoms with E-state index in [1.54, 1.807) is 17.4 Å². The minimum Gasteiger partial charge on any atom is -0.378 e. The van der Waals surface area contributed by atoms with Crippen molar-refractivity contribution in [3.05, 3.63) is 22.2 Å². The molecule has 1 heterocycles. The van der Waals surface area contributed by atoms with Gasteiger partial charge in [-0.1, -0.05) is 19.3 Å². The van der Waals surface area contributed by atoms with Crippen LogP contribution in [0.3, 0.4) is 0 Å². The Balaban J connectivity index is 1.68. The van der Waals surface area contributed by atoms with E-state index in [2.05, 4.69) is 11.9 Å². The quantitative estimate of drug-likeness (QED) is 0.754. The summed E-state index contributed by atoms with van der Waals surface area (Å²) in [7, 11) is 1.95. The molecule has 0 aliphatic heterocycles. The van der Waals surface area contributed by atoms with E-state index in [1.165, 1.54) is 32.1 Å². The van der Waals surface area contributed by atoms with Crippen molar-refractivity contribution in [3.8, 4) is 0 Å². The van der Waals surface area contributed by atoms with Crippen LogP contribution in [0.1, 0.15) is 56.2 Å². The highest BCUT2D eigenvalue weighted by molar-refractivity contribution is 7.09.